The van der Waals surface area contributed by atoms with E-state index < -0.39 is 0 Å². The Morgan fingerprint density at radius 2 is 2.00 bits per heavy atom. The third kappa shape index (κ3) is 6.75. The topological polar surface area (TPSA) is 141 Å². The quantitative estimate of drug-likeness (QED) is 0.386. The molecule has 1 aromatic carbocycles. The van der Waals surface area contributed by atoms with Crippen molar-refractivity contribution in [1.82, 2.24) is 24.9 Å². The molecule has 2 aromatic heterocycles. The summed E-state index contributed by atoms with van der Waals surface area (Å²) in [4.78, 5) is 39.4. The number of aryl methyl sites for hydroxylation is 1. The number of hydrogen-bond donors (Lipinski definition) is 2. The first kappa shape index (κ1) is 31.2. The van der Waals surface area contributed by atoms with Gasteiger partial charge in [-0.15, -0.1) is 0 Å². The molecule has 2 fully saturated rings. The van der Waals surface area contributed by atoms with Gasteiger partial charge in [0.25, 0.3) is 5.56 Å². The number of amides is 1. The van der Waals surface area contributed by atoms with Crippen molar-refractivity contribution in [2.24, 2.45) is 16.6 Å². The molecule has 6 rings (SSSR count). The fourth-order valence-electron chi connectivity index (χ4n) is 6.30. The Balaban J connectivity index is 1.46. The lowest BCUT2D eigenvalue weighted by Crippen LogP contribution is -2.50. The summed E-state index contributed by atoms with van der Waals surface area (Å²) in [6.07, 6.45) is 7.21. The number of benzene rings is 1. The highest BCUT2D eigenvalue weighted by atomic mass is 35.5. The van der Waals surface area contributed by atoms with Gasteiger partial charge in [-0.2, -0.15) is 4.98 Å². The van der Waals surface area contributed by atoms with E-state index in [1.807, 2.05) is 17.0 Å². The summed E-state index contributed by atoms with van der Waals surface area (Å²) in [5, 5.41) is 8.77. The van der Waals surface area contributed by atoms with Crippen molar-refractivity contribution in [3.63, 3.8) is 0 Å². The molecule has 3 N–H and O–H groups in total. The van der Waals surface area contributed by atoms with Crippen LogP contribution in [0.2, 0.25) is 5.02 Å². The Hall–Kier alpha value is -3.80. The number of hydrogen-bond acceptors (Lipinski definition) is 9. The highest BCUT2D eigenvalue weighted by Crippen LogP contribution is 2.30. The lowest BCUT2D eigenvalue weighted by molar-refractivity contribution is -0.133. The number of piperidine rings is 1. The molecule has 0 spiro atoms. The maximum Gasteiger partial charge on any atom is 0.260 e. The number of rotatable bonds is 8. The van der Waals surface area contributed by atoms with Gasteiger partial charge >= 0.3 is 0 Å². The number of pyridine rings is 1. The van der Waals surface area contributed by atoms with Crippen LogP contribution in [0.3, 0.4) is 0 Å². The highest BCUT2D eigenvalue weighted by molar-refractivity contribution is 6.33. The van der Waals surface area contributed by atoms with Gasteiger partial charge < -0.3 is 25.2 Å². The minimum atomic E-state index is -0.331. The van der Waals surface area contributed by atoms with Gasteiger partial charge in [-0.3, -0.25) is 14.2 Å². The van der Waals surface area contributed by atoms with E-state index in [2.05, 4.69) is 28.5 Å². The molecular formula is C33H40ClN7O4. The van der Waals surface area contributed by atoms with E-state index in [0.717, 1.165) is 48.7 Å². The van der Waals surface area contributed by atoms with Crippen LogP contribution < -0.4 is 27.3 Å². The van der Waals surface area contributed by atoms with Gasteiger partial charge in [0.15, 0.2) is 0 Å². The Morgan fingerprint density at radius 3 is 2.71 bits per heavy atom. The number of nitrogens with two attached hydrogens (primary N) is 1. The first-order valence-corrected chi connectivity index (χ1v) is 16.2. The fraction of sp³-hybridized carbons (Fsp3) is 0.485. The van der Waals surface area contributed by atoms with E-state index in [0.29, 0.717) is 78.2 Å². The van der Waals surface area contributed by atoms with Gasteiger partial charge in [0.2, 0.25) is 17.6 Å². The van der Waals surface area contributed by atoms with Crippen molar-refractivity contribution in [2.75, 3.05) is 32.8 Å². The predicted molar refractivity (Wildman–Crippen MR) is 172 cm³/mol. The summed E-state index contributed by atoms with van der Waals surface area (Å²) in [5.41, 5.74) is 8.86. The van der Waals surface area contributed by atoms with Crippen LogP contribution >= 0.6 is 11.6 Å². The second-order valence-electron chi connectivity index (χ2n) is 12.0. The van der Waals surface area contributed by atoms with E-state index in [-0.39, 0.29) is 30.0 Å². The van der Waals surface area contributed by atoms with Gasteiger partial charge in [0.05, 0.1) is 0 Å². The number of allylic oxidation sites excluding steroid dienone is 1. The second-order valence-corrected chi connectivity index (χ2v) is 12.4. The standard InChI is InChI=1S/C33H40ClN7O4/c1-3-22-6-7-24-15-27(26-9-8-23(16-28(26)34)31-36-20(2)45-39-31)33(43)41(19-29(42)40-12-4-5-21(17-35)18-40)32(24)38-30(22)37-25-10-13-44-14-11-25/h7-9,15-16,21,25,37H,3-6,10-14,17-19,35H2,1-2H3. The number of carbonyl (C=O) groups is 1. The molecule has 12 heteroatoms. The first-order chi connectivity index (χ1) is 21.8. The van der Waals surface area contributed by atoms with Gasteiger partial charge in [-0.25, -0.2) is 4.99 Å². The average molecular weight is 634 g/mol. The number of ether oxygens (including phenoxy) is 1. The van der Waals surface area contributed by atoms with Crippen molar-refractivity contribution >= 4 is 23.6 Å². The van der Waals surface area contributed by atoms with Crippen molar-refractivity contribution in [2.45, 2.75) is 65.0 Å². The Morgan fingerprint density at radius 1 is 1.18 bits per heavy atom. The van der Waals surface area contributed by atoms with Crippen molar-refractivity contribution in [3.8, 4) is 22.5 Å². The van der Waals surface area contributed by atoms with Crippen LogP contribution in [0.5, 0.6) is 0 Å². The van der Waals surface area contributed by atoms with Crippen LogP contribution in [0.25, 0.3) is 28.6 Å². The molecule has 0 bridgehead atoms. The van der Waals surface area contributed by atoms with Crippen LogP contribution in [0, 0.1) is 12.8 Å². The SMILES string of the molecule is CCC1=C(NC2CCOCC2)N=c2c(cc(-c3ccc(-c4noc(C)n4)cc3Cl)c(=O)n2CC(=O)N2CCCC(CN)C2)=CC1. The molecule has 1 unspecified atom stereocenters. The Kier molecular flexibility index (Phi) is 9.48. The first-order valence-electron chi connectivity index (χ1n) is 15.8. The lowest BCUT2D eigenvalue weighted by atomic mass is 9.98. The summed E-state index contributed by atoms with van der Waals surface area (Å²) >= 11 is 6.81. The smallest absolute Gasteiger partial charge is 0.260 e. The van der Waals surface area contributed by atoms with Crippen LogP contribution in [0.1, 0.15) is 51.3 Å². The van der Waals surface area contributed by atoms with Crippen LogP contribution in [0.15, 0.2) is 50.0 Å². The molecule has 3 aliphatic heterocycles. The van der Waals surface area contributed by atoms with Gasteiger partial charge in [-0.05, 0) is 68.7 Å². The summed E-state index contributed by atoms with van der Waals surface area (Å²) < 4.78 is 12.2. The van der Waals surface area contributed by atoms with Gasteiger partial charge in [0, 0.05) is 66.2 Å². The van der Waals surface area contributed by atoms with E-state index in [9.17, 15) is 9.59 Å². The molecule has 2 saturated heterocycles. The zero-order valence-corrected chi connectivity index (χ0v) is 26.6. The third-order valence-electron chi connectivity index (χ3n) is 8.94. The predicted octanol–water partition coefficient (Wildman–Crippen LogP) is 2.92. The third-order valence-corrected chi connectivity index (χ3v) is 9.26. The molecule has 0 radical (unpaired) electrons. The average Bonchev–Trinajstić information content (AvgIpc) is 3.42. The molecule has 238 valence electrons. The molecule has 3 aromatic rings. The van der Waals surface area contributed by atoms with Crippen molar-refractivity contribution in [3.05, 3.63) is 67.6 Å². The lowest BCUT2D eigenvalue weighted by Gasteiger charge is -2.32. The van der Waals surface area contributed by atoms with Gasteiger partial charge in [0.1, 0.15) is 17.9 Å². The van der Waals surface area contributed by atoms with Crippen molar-refractivity contribution in [1.29, 1.82) is 0 Å². The van der Waals surface area contributed by atoms with Gasteiger partial charge in [-0.1, -0.05) is 41.9 Å². The zero-order valence-electron chi connectivity index (χ0n) is 25.9. The second kappa shape index (κ2) is 13.7. The largest absolute Gasteiger partial charge is 0.381 e. The monoisotopic (exact) mass is 633 g/mol. The number of halogens is 1. The molecule has 1 atom stereocenters. The molecule has 45 heavy (non-hydrogen) atoms. The number of carbonyl (C=O) groups excluding carboxylic acids is 1. The van der Waals surface area contributed by atoms with E-state index >= 15 is 0 Å². The highest BCUT2D eigenvalue weighted by Gasteiger charge is 2.25. The normalized spacial score (nSPS) is 19.0. The number of fused-ring (bicyclic) bond motifs is 1. The summed E-state index contributed by atoms with van der Waals surface area (Å²) in [7, 11) is 0. The fourth-order valence-corrected chi connectivity index (χ4v) is 6.58. The number of aromatic nitrogens is 3. The molecule has 3 aliphatic rings. The summed E-state index contributed by atoms with van der Waals surface area (Å²) in [6, 6.07) is 7.40. The number of nitrogens with zero attached hydrogens (tertiary/aromatic N) is 5. The molecular weight excluding hydrogens is 594 g/mol. The van der Waals surface area contributed by atoms with E-state index in [4.69, 9.17) is 31.6 Å². The Bertz CT molecular complexity index is 1790. The van der Waals surface area contributed by atoms with Crippen LogP contribution in [-0.2, 0) is 16.1 Å². The molecule has 1 amide bonds. The number of nitrogens with one attached hydrogen (secondary N) is 1. The molecule has 0 aliphatic carbocycles. The summed E-state index contributed by atoms with van der Waals surface area (Å²) in [5.74, 6) is 1.76. The van der Waals surface area contributed by atoms with Crippen molar-refractivity contribution < 1.29 is 14.1 Å². The Labute approximate surface area is 266 Å². The minimum Gasteiger partial charge on any atom is -0.381 e. The maximum absolute atomic E-state index is 14.4. The molecule has 0 saturated carbocycles. The molecule has 11 nitrogen and oxygen atoms in total. The van der Waals surface area contributed by atoms with E-state index in [1.165, 1.54) is 4.57 Å². The zero-order chi connectivity index (χ0) is 31.5. The van der Waals surface area contributed by atoms with Crippen LogP contribution in [-0.4, -0.2) is 64.4 Å². The number of likely N-dealkylation sites (tertiary alicyclic amines) is 1. The van der Waals surface area contributed by atoms with Crippen LogP contribution in [0.4, 0.5) is 0 Å². The summed E-state index contributed by atoms with van der Waals surface area (Å²) in [6.45, 7) is 6.86. The molecule has 5 heterocycles. The van der Waals surface area contributed by atoms with E-state index in [1.54, 1.807) is 19.1 Å². The minimum absolute atomic E-state index is 0.124. The maximum atomic E-state index is 14.4.